The van der Waals surface area contributed by atoms with E-state index in [1.54, 1.807) is 61.2 Å². The molecule has 0 saturated carbocycles. The molecule has 0 unspecified atom stereocenters. The van der Waals surface area contributed by atoms with Gasteiger partial charge in [0.05, 0.1) is 17.6 Å². The molecule has 30 heavy (non-hydrogen) atoms. The van der Waals surface area contributed by atoms with E-state index in [2.05, 4.69) is 25.9 Å². The van der Waals surface area contributed by atoms with E-state index in [1.807, 2.05) is 10.8 Å². The predicted octanol–water partition coefficient (Wildman–Crippen LogP) is 3.55. The molecule has 2 aromatic heterocycles. The first-order chi connectivity index (χ1) is 14.6. The monoisotopic (exact) mass is 466 g/mol. The van der Waals surface area contributed by atoms with Gasteiger partial charge in [0.1, 0.15) is 11.8 Å². The largest absolute Gasteiger partial charge is 0.507 e. The average molecular weight is 467 g/mol. The molecule has 3 aromatic rings. The summed E-state index contributed by atoms with van der Waals surface area (Å²) in [7, 11) is 0. The molecule has 0 spiro atoms. The molecule has 3 heterocycles. The van der Waals surface area contributed by atoms with Gasteiger partial charge >= 0.3 is 0 Å². The van der Waals surface area contributed by atoms with Crippen molar-refractivity contribution in [2.45, 2.75) is 19.0 Å². The van der Waals surface area contributed by atoms with Gasteiger partial charge < -0.3 is 14.6 Å². The summed E-state index contributed by atoms with van der Waals surface area (Å²) in [5, 5.41) is 10.9. The van der Waals surface area contributed by atoms with Gasteiger partial charge in [-0.25, -0.2) is 4.98 Å². The first kappa shape index (κ1) is 20.0. The summed E-state index contributed by atoms with van der Waals surface area (Å²) in [5.41, 5.74) is 1.07. The van der Waals surface area contributed by atoms with Crippen LogP contribution in [0, 0.1) is 0 Å². The van der Waals surface area contributed by atoms with Crippen molar-refractivity contribution in [3.05, 3.63) is 88.7 Å². The van der Waals surface area contributed by atoms with E-state index in [4.69, 9.17) is 0 Å². The highest BCUT2D eigenvalue weighted by Crippen LogP contribution is 2.38. The van der Waals surface area contributed by atoms with Crippen LogP contribution in [0.3, 0.4) is 0 Å². The lowest BCUT2D eigenvalue weighted by Gasteiger charge is -2.24. The third-order valence-electron chi connectivity index (χ3n) is 5.00. The Morgan fingerprint density at radius 3 is 2.53 bits per heavy atom. The van der Waals surface area contributed by atoms with Crippen LogP contribution >= 0.6 is 15.9 Å². The van der Waals surface area contributed by atoms with Gasteiger partial charge in [-0.1, -0.05) is 34.1 Å². The van der Waals surface area contributed by atoms with E-state index >= 15 is 0 Å². The van der Waals surface area contributed by atoms with Crippen LogP contribution in [-0.4, -0.2) is 42.8 Å². The number of Topliss-reactive ketones (excluding diaryl/α,β-unsaturated/α-hetero) is 1. The third kappa shape index (κ3) is 3.91. The minimum absolute atomic E-state index is 0.0589. The Morgan fingerprint density at radius 2 is 1.87 bits per heavy atom. The molecule has 4 rings (SSSR count). The lowest BCUT2D eigenvalue weighted by Crippen LogP contribution is -2.31. The van der Waals surface area contributed by atoms with E-state index < -0.39 is 17.7 Å². The number of benzene rings is 1. The number of carbonyl (C=O) groups is 2. The quantitative estimate of drug-likeness (QED) is 0.340. The summed E-state index contributed by atoms with van der Waals surface area (Å²) in [6.45, 7) is 1.01. The molecule has 0 bridgehead atoms. The molecule has 0 radical (unpaired) electrons. The van der Waals surface area contributed by atoms with Crippen molar-refractivity contribution in [2.24, 2.45) is 0 Å². The Morgan fingerprint density at radius 1 is 1.07 bits per heavy atom. The van der Waals surface area contributed by atoms with Crippen LogP contribution in [0.1, 0.15) is 23.7 Å². The zero-order valence-corrected chi connectivity index (χ0v) is 17.6. The Balaban J connectivity index is 1.71. The van der Waals surface area contributed by atoms with E-state index in [0.717, 1.165) is 4.47 Å². The van der Waals surface area contributed by atoms with E-state index in [1.165, 1.54) is 4.90 Å². The number of aliphatic hydroxyl groups is 1. The smallest absolute Gasteiger partial charge is 0.295 e. The maximum atomic E-state index is 12.9. The molecular formula is C22H19BrN4O3. The lowest BCUT2D eigenvalue weighted by atomic mass is 9.98. The second kappa shape index (κ2) is 8.62. The van der Waals surface area contributed by atoms with E-state index in [-0.39, 0.29) is 11.3 Å². The Bertz CT molecular complexity index is 1080. The van der Waals surface area contributed by atoms with Crippen LogP contribution in [0.2, 0.25) is 0 Å². The normalized spacial score (nSPS) is 18.2. The molecule has 1 amide bonds. The summed E-state index contributed by atoms with van der Waals surface area (Å²) in [4.78, 5) is 35.6. The van der Waals surface area contributed by atoms with Crippen LogP contribution in [0.25, 0.3) is 5.76 Å². The van der Waals surface area contributed by atoms with Crippen LogP contribution in [0.4, 0.5) is 0 Å². The molecule has 1 aliphatic rings. The highest BCUT2D eigenvalue weighted by atomic mass is 79.9. The van der Waals surface area contributed by atoms with Crippen molar-refractivity contribution >= 4 is 33.4 Å². The number of imidazole rings is 1. The molecule has 1 saturated heterocycles. The number of carbonyl (C=O) groups excluding carboxylic acids is 2. The standard InChI is InChI=1S/C22H19BrN4O3/c23-16-7-5-15(6-8-16)20(28)18-19(17-4-1-2-9-25-17)27(22(30)21(18)29)12-3-11-26-13-10-24-14-26/h1-2,4-10,13-14,19,28H,3,11-12H2/t19-/m1/s1. The van der Waals surface area contributed by atoms with Crippen molar-refractivity contribution in [3.8, 4) is 0 Å². The number of ketones is 1. The van der Waals surface area contributed by atoms with Gasteiger partial charge in [0.2, 0.25) is 0 Å². The number of aromatic nitrogens is 3. The van der Waals surface area contributed by atoms with Gasteiger partial charge in [-0.3, -0.25) is 14.6 Å². The summed E-state index contributed by atoms with van der Waals surface area (Å²) in [6, 6.07) is 11.5. The van der Waals surface area contributed by atoms with Crippen LogP contribution in [0.15, 0.2) is 77.4 Å². The number of aliphatic hydroxyl groups excluding tert-OH is 1. The van der Waals surface area contributed by atoms with Crippen molar-refractivity contribution in [1.29, 1.82) is 0 Å². The minimum Gasteiger partial charge on any atom is -0.507 e. The Kier molecular flexibility index (Phi) is 5.76. The fourth-order valence-corrected chi connectivity index (χ4v) is 3.83. The lowest BCUT2D eigenvalue weighted by molar-refractivity contribution is -0.140. The fraction of sp³-hybridized carbons (Fsp3) is 0.182. The molecule has 1 aliphatic heterocycles. The second-order valence-electron chi connectivity index (χ2n) is 6.91. The highest BCUT2D eigenvalue weighted by Gasteiger charge is 2.46. The minimum atomic E-state index is -0.738. The van der Waals surface area contributed by atoms with Gasteiger partial charge in [0.15, 0.2) is 0 Å². The zero-order valence-electron chi connectivity index (χ0n) is 16.0. The fourth-order valence-electron chi connectivity index (χ4n) is 3.56. The molecule has 8 heteroatoms. The first-order valence-electron chi connectivity index (χ1n) is 9.47. The SMILES string of the molecule is O=C1C(=O)N(CCCn2ccnc2)[C@H](c2ccccn2)C1=C(O)c1ccc(Br)cc1. The Labute approximate surface area is 181 Å². The van der Waals surface area contributed by atoms with Crippen LogP contribution in [-0.2, 0) is 16.1 Å². The molecule has 152 valence electrons. The van der Waals surface area contributed by atoms with Crippen molar-refractivity contribution in [1.82, 2.24) is 19.4 Å². The third-order valence-corrected chi connectivity index (χ3v) is 5.53. The maximum absolute atomic E-state index is 12.9. The van der Waals surface area contributed by atoms with Crippen molar-refractivity contribution in [2.75, 3.05) is 6.54 Å². The summed E-state index contributed by atoms with van der Waals surface area (Å²) < 4.78 is 2.76. The molecule has 1 N–H and O–H groups in total. The summed E-state index contributed by atoms with van der Waals surface area (Å²) >= 11 is 3.36. The maximum Gasteiger partial charge on any atom is 0.295 e. The molecule has 7 nitrogen and oxygen atoms in total. The predicted molar refractivity (Wildman–Crippen MR) is 114 cm³/mol. The van der Waals surface area contributed by atoms with E-state index in [9.17, 15) is 14.7 Å². The number of hydrogen-bond donors (Lipinski definition) is 1. The second-order valence-corrected chi connectivity index (χ2v) is 7.82. The van der Waals surface area contributed by atoms with Crippen molar-refractivity contribution in [3.63, 3.8) is 0 Å². The molecule has 1 fully saturated rings. The number of likely N-dealkylation sites (tertiary alicyclic amines) is 1. The molecular weight excluding hydrogens is 448 g/mol. The number of aryl methyl sites for hydroxylation is 1. The number of nitrogens with zero attached hydrogens (tertiary/aromatic N) is 4. The Hall–Kier alpha value is -3.26. The molecule has 1 aromatic carbocycles. The number of pyridine rings is 1. The van der Waals surface area contributed by atoms with Gasteiger partial charge in [-0.15, -0.1) is 0 Å². The van der Waals surface area contributed by atoms with E-state index in [0.29, 0.717) is 30.8 Å². The van der Waals surface area contributed by atoms with Crippen LogP contribution in [0.5, 0.6) is 0 Å². The van der Waals surface area contributed by atoms with Gasteiger partial charge in [-0.05, 0) is 30.7 Å². The number of rotatable bonds is 6. The van der Waals surface area contributed by atoms with Gasteiger partial charge in [0, 0.05) is 41.7 Å². The number of amides is 1. The zero-order chi connectivity index (χ0) is 21.1. The van der Waals surface area contributed by atoms with Gasteiger partial charge in [-0.2, -0.15) is 0 Å². The van der Waals surface area contributed by atoms with Crippen molar-refractivity contribution < 1.29 is 14.7 Å². The average Bonchev–Trinajstić information content (AvgIpc) is 3.37. The molecule has 1 atom stereocenters. The van der Waals surface area contributed by atoms with Gasteiger partial charge in [0.25, 0.3) is 11.7 Å². The first-order valence-corrected chi connectivity index (χ1v) is 10.3. The summed E-state index contributed by atoms with van der Waals surface area (Å²) in [6.07, 6.45) is 7.49. The number of hydrogen-bond acceptors (Lipinski definition) is 5. The number of halogens is 1. The van der Waals surface area contributed by atoms with Crippen LogP contribution < -0.4 is 0 Å². The summed E-state index contributed by atoms with van der Waals surface area (Å²) in [5.74, 6) is -1.53. The molecule has 0 aliphatic carbocycles. The highest BCUT2D eigenvalue weighted by molar-refractivity contribution is 9.10. The topological polar surface area (TPSA) is 88.3 Å².